The van der Waals surface area contributed by atoms with Gasteiger partial charge >= 0.3 is 6.09 Å². The van der Waals surface area contributed by atoms with E-state index in [-0.39, 0.29) is 17.9 Å². The Morgan fingerprint density at radius 3 is 2.29 bits per heavy atom. The van der Waals surface area contributed by atoms with Crippen LogP contribution in [-0.4, -0.2) is 53.9 Å². The quantitative estimate of drug-likeness (QED) is 0.788. The average Bonchev–Trinajstić information content (AvgIpc) is 2.74. The molecule has 3 rings (SSSR count). The van der Waals surface area contributed by atoms with Gasteiger partial charge in [-0.3, -0.25) is 14.5 Å². The van der Waals surface area contributed by atoms with E-state index in [9.17, 15) is 14.4 Å². The fourth-order valence-electron chi connectivity index (χ4n) is 2.66. The molecule has 1 aromatic rings. The number of carbonyl (C=O) groups is 3. The number of hydrogen-bond acceptors (Lipinski definition) is 4. The lowest BCUT2D eigenvalue weighted by Crippen LogP contribution is -2.40. The highest BCUT2D eigenvalue weighted by atomic mass is 16.6. The standard InChI is InChI=1S/C15H16N2O4/c18-13-11-5-1-2-6-12(11)14(19)17(13)9-3-7-16-8-4-10-21-15(16)20/h1-2,5-6H,3-4,7-10H2. The van der Waals surface area contributed by atoms with Gasteiger partial charge in [0.15, 0.2) is 0 Å². The number of hydrogen-bond donors (Lipinski definition) is 0. The van der Waals surface area contributed by atoms with Crippen LogP contribution in [0.4, 0.5) is 4.79 Å². The van der Waals surface area contributed by atoms with Crippen LogP contribution in [0.2, 0.25) is 0 Å². The molecule has 21 heavy (non-hydrogen) atoms. The summed E-state index contributed by atoms with van der Waals surface area (Å²) >= 11 is 0. The highest BCUT2D eigenvalue weighted by Gasteiger charge is 2.34. The lowest BCUT2D eigenvalue weighted by Gasteiger charge is -2.26. The van der Waals surface area contributed by atoms with Gasteiger partial charge in [-0.2, -0.15) is 0 Å². The van der Waals surface area contributed by atoms with Crippen molar-refractivity contribution in [1.29, 1.82) is 0 Å². The smallest absolute Gasteiger partial charge is 0.409 e. The van der Waals surface area contributed by atoms with Crippen LogP contribution in [0.3, 0.4) is 0 Å². The van der Waals surface area contributed by atoms with E-state index in [1.54, 1.807) is 29.2 Å². The molecular weight excluding hydrogens is 272 g/mol. The fraction of sp³-hybridized carbons (Fsp3) is 0.400. The molecule has 1 fully saturated rings. The maximum Gasteiger partial charge on any atom is 0.409 e. The number of rotatable bonds is 4. The zero-order valence-corrected chi connectivity index (χ0v) is 11.6. The van der Waals surface area contributed by atoms with Crippen LogP contribution in [0.5, 0.6) is 0 Å². The third kappa shape index (κ3) is 2.49. The Morgan fingerprint density at radius 2 is 1.67 bits per heavy atom. The number of amides is 3. The van der Waals surface area contributed by atoms with Crippen LogP contribution >= 0.6 is 0 Å². The first kappa shape index (κ1) is 13.6. The van der Waals surface area contributed by atoms with Crippen molar-refractivity contribution in [1.82, 2.24) is 9.80 Å². The molecule has 0 bridgehead atoms. The van der Waals surface area contributed by atoms with E-state index < -0.39 is 0 Å². The lowest BCUT2D eigenvalue weighted by molar-refractivity contribution is 0.0622. The predicted molar refractivity (Wildman–Crippen MR) is 74.0 cm³/mol. The van der Waals surface area contributed by atoms with Crippen molar-refractivity contribution in [2.24, 2.45) is 0 Å². The highest BCUT2D eigenvalue weighted by molar-refractivity contribution is 6.21. The number of carbonyl (C=O) groups excluding carboxylic acids is 3. The number of cyclic esters (lactones) is 1. The number of fused-ring (bicyclic) bond motifs is 1. The second-order valence-electron chi connectivity index (χ2n) is 5.12. The summed E-state index contributed by atoms with van der Waals surface area (Å²) in [5, 5.41) is 0. The summed E-state index contributed by atoms with van der Waals surface area (Å²) in [7, 11) is 0. The zero-order chi connectivity index (χ0) is 14.8. The van der Waals surface area contributed by atoms with Gasteiger partial charge in [0, 0.05) is 19.6 Å². The molecule has 0 saturated carbocycles. The van der Waals surface area contributed by atoms with Gasteiger partial charge in [-0.25, -0.2) is 4.79 Å². The molecule has 6 heteroatoms. The molecule has 0 atom stereocenters. The molecule has 1 saturated heterocycles. The van der Waals surface area contributed by atoms with Gasteiger partial charge in [0.2, 0.25) is 0 Å². The van der Waals surface area contributed by atoms with Crippen molar-refractivity contribution in [3.63, 3.8) is 0 Å². The summed E-state index contributed by atoms with van der Waals surface area (Å²) < 4.78 is 4.95. The summed E-state index contributed by atoms with van der Waals surface area (Å²) in [6.45, 7) is 1.94. The van der Waals surface area contributed by atoms with Crippen LogP contribution in [0.15, 0.2) is 24.3 Å². The predicted octanol–water partition coefficient (Wildman–Crippen LogP) is 1.52. The molecule has 0 aliphatic carbocycles. The molecule has 2 aliphatic heterocycles. The molecule has 110 valence electrons. The molecule has 0 aromatic heterocycles. The van der Waals surface area contributed by atoms with Crippen LogP contribution in [0, 0.1) is 0 Å². The lowest BCUT2D eigenvalue weighted by atomic mass is 10.1. The monoisotopic (exact) mass is 288 g/mol. The summed E-state index contributed by atoms with van der Waals surface area (Å²) in [6, 6.07) is 6.82. The first-order chi connectivity index (χ1) is 10.2. The van der Waals surface area contributed by atoms with Gasteiger partial charge in [-0.1, -0.05) is 12.1 Å². The van der Waals surface area contributed by atoms with Gasteiger partial charge in [0.25, 0.3) is 11.8 Å². The maximum absolute atomic E-state index is 12.2. The van der Waals surface area contributed by atoms with E-state index in [4.69, 9.17) is 4.74 Å². The van der Waals surface area contributed by atoms with E-state index in [0.29, 0.717) is 43.8 Å². The molecule has 1 aromatic carbocycles. The van der Waals surface area contributed by atoms with Crippen molar-refractivity contribution in [3.8, 4) is 0 Å². The molecular formula is C15H16N2O4. The second-order valence-corrected chi connectivity index (χ2v) is 5.12. The van der Waals surface area contributed by atoms with Gasteiger partial charge in [-0.15, -0.1) is 0 Å². The molecule has 0 spiro atoms. The number of benzene rings is 1. The maximum atomic E-state index is 12.2. The largest absolute Gasteiger partial charge is 0.449 e. The first-order valence-electron chi connectivity index (χ1n) is 7.05. The van der Waals surface area contributed by atoms with Crippen LogP contribution in [0.1, 0.15) is 33.6 Å². The van der Waals surface area contributed by atoms with E-state index >= 15 is 0 Å². The average molecular weight is 288 g/mol. The summed E-state index contributed by atoms with van der Waals surface area (Å²) in [5.74, 6) is -0.506. The van der Waals surface area contributed by atoms with Gasteiger partial charge in [0.1, 0.15) is 0 Å². The number of nitrogens with zero attached hydrogens (tertiary/aromatic N) is 2. The van der Waals surface area contributed by atoms with Crippen LogP contribution in [0.25, 0.3) is 0 Å². The Morgan fingerprint density at radius 1 is 1.00 bits per heavy atom. The van der Waals surface area contributed by atoms with Crippen molar-refractivity contribution in [3.05, 3.63) is 35.4 Å². The molecule has 3 amide bonds. The summed E-state index contributed by atoms with van der Waals surface area (Å²) in [4.78, 5) is 38.7. The van der Waals surface area contributed by atoms with E-state index in [1.165, 1.54) is 4.90 Å². The third-order valence-corrected chi connectivity index (χ3v) is 3.74. The Kier molecular flexibility index (Phi) is 3.60. The van der Waals surface area contributed by atoms with E-state index in [0.717, 1.165) is 6.42 Å². The van der Waals surface area contributed by atoms with Crippen molar-refractivity contribution in [2.75, 3.05) is 26.2 Å². The topological polar surface area (TPSA) is 66.9 Å². The Balaban J connectivity index is 1.58. The Bertz CT molecular complexity index is 564. The number of ether oxygens (including phenoxy) is 1. The van der Waals surface area contributed by atoms with Crippen LogP contribution < -0.4 is 0 Å². The third-order valence-electron chi connectivity index (χ3n) is 3.74. The molecule has 0 unspecified atom stereocenters. The van der Waals surface area contributed by atoms with E-state index in [1.807, 2.05) is 0 Å². The summed E-state index contributed by atoms with van der Waals surface area (Å²) in [5.41, 5.74) is 0.916. The van der Waals surface area contributed by atoms with E-state index in [2.05, 4.69) is 0 Å². The Hall–Kier alpha value is -2.37. The zero-order valence-electron chi connectivity index (χ0n) is 11.6. The van der Waals surface area contributed by atoms with Crippen molar-refractivity contribution >= 4 is 17.9 Å². The van der Waals surface area contributed by atoms with Crippen LogP contribution in [-0.2, 0) is 4.74 Å². The van der Waals surface area contributed by atoms with Gasteiger partial charge in [0.05, 0.1) is 17.7 Å². The highest BCUT2D eigenvalue weighted by Crippen LogP contribution is 2.22. The first-order valence-corrected chi connectivity index (χ1v) is 7.05. The minimum Gasteiger partial charge on any atom is -0.449 e. The van der Waals surface area contributed by atoms with Gasteiger partial charge in [-0.05, 0) is 25.0 Å². The van der Waals surface area contributed by atoms with Crippen molar-refractivity contribution in [2.45, 2.75) is 12.8 Å². The normalized spacial score (nSPS) is 18.0. The fourth-order valence-corrected chi connectivity index (χ4v) is 2.66. The molecule has 0 radical (unpaired) electrons. The van der Waals surface area contributed by atoms with Crippen molar-refractivity contribution < 1.29 is 19.1 Å². The molecule has 6 nitrogen and oxygen atoms in total. The summed E-state index contributed by atoms with van der Waals surface area (Å²) in [6.07, 6.45) is 1.06. The Labute approximate surface area is 122 Å². The molecule has 0 N–H and O–H groups in total. The molecule has 2 heterocycles. The SMILES string of the molecule is O=C1OCCCN1CCCN1C(=O)c2ccccc2C1=O. The van der Waals surface area contributed by atoms with Gasteiger partial charge < -0.3 is 9.64 Å². The minimum atomic E-state index is -0.316. The minimum absolute atomic E-state index is 0.253. The molecule has 2 aliphatic rings. The number of imide groups is 1. The second kappa shape index (κ2) is 5.55.